The van der Waals surface area contributed by atoms with Crippen LogP contribution in [-0.2, 0) is 0 Å². The van der Waals surface area contributed by atoms with E-state index < -0.39 is 0 Å². The van der Waals surface area contributed by atoms with E-state index in [9.17, 15) is 0 Å². The molecule has 2 heteroatoms. The van der Waals surface area contributed by atoms with E-state index in [0.717, 1.165) is 12.6 Å². The third-order valence-corrected chi connectivity index (χ3v) is 4.29. The summed E-state index contributed by atoms with van der Waals surface area (Å²) in [4.78, 5) is 2.76. The molecule has 2 nitrogen and oxygen atoms in total. The van der Waals surface area contributed by atoms with Crippen LogP contribution in [0.15, 0.2) is 0 Å². The zero-order valence-electron chi connectivity index (χ0n) is 12.5. The van der Waals surface area contributed by atoms with Gasteiger partial charge in [-0.2, -0.15) is 0 Å². The second-order valence-electron chi connectivity index (χ2n) is 5.88. The molecule has 0 aliphatic heterocycles. The Morgan fingerprint density at radius 2 is 1.56 bits per heavy atom. The zero-order chi connectivity index (χ0) is 13.1. The molecule has 108 valence electrons. The van der Waals surface area contributed by atoms with Gasteiger partial charge in [0, 0.05) is 6.04 Å². The number of rotatable bonds is 9. The molecule has 0 amide bonds. The van der Waals surface area contributed by atoms with Gasteiger partial charge in [-0.05, 0) is 45.3 Å². The van der Waals surface area contributed by atoms with E-state index in [2.05, 4.69) is 11.8 Å². The van der Waals surface area contributed by atoms with Crippen LogP contribution in [-0.4, -0.2) is 30.6 Å². The molecule has 0 atom stereocenters. The van der Waals surface area contributed by atoms with Gasteiger partial charge in [0.25, 0.3) is 0 Å². The summed E-state index contributed by atoms with van der Waals surface area (Å²) < 4.78 is 0. The summed E-state index contributed by atoms with van der Waals surface area (Å²) >= 11 is 0. The highest BCUT2D eigenvalue weighted by molar-refractivity contribution is 4.75. The van der Waals surface area contributed by atoms with Crippen molar-refractivity contribution in [1.29, 1.82) is 0 Å². The highest BCUT2D eigenvalue weighted by Gasteiger charge is 2.19. The van der Waals surface area contributed by atoms with Crippen molar-refractivity contribution in [2.24, 2.45) is 5.73 Å². The molecule has 0 radical (unpaired) electrons. The third-order valence-electron chi connectivity index (χ3n) is 4.29. The van der Waals surface area contributed by atoms with Gasteiger partial charge in [0.15, 0.2) is 0 Å². The SMILES string of the molecule is CCCCCCN(CCCN)C1CCCCCC1. The van der Waals surface area contributed by atoms with Crippen molar-refractivity contribution in [2.45, 2.75) is 83.6 Å². The van der Waals surface area contributed by atoms with Gasteiger partial charge >= 0.3 is 0 Å². The lowest BCUT2D eigenvalue weighted by atomic mass is 10.1. The molecule has 0 aromatic rings. The maximum atomic E-state index is 5.69. The molecule has 1 aliphatic carbocycles. The molecular weight excluding hydrogens is 220 g/mol. The maximum Gasteiger partial charge on any atom is 0.00952 e. The molecule has 1 fully saturated rings. The van der Waals surface area contributed by atoms with Gasteiger partial charge in [-0.1, -0.05) is 51.9 Å². The fraction of sp³-hybridized carbons (Fsp3) is 1.00. The number of unbranched alkanes of at least 4 members (excludes halogenated alkanes) is 3. The Bertz CT molecular complexity index is 174. The van der Waals surface area contributed by atoms with Crippen LogP contribution in [0.1, 0.15) is 77.6 Å². The summed E-state index contributed by atoms with van der Waals surface area (Å²) in [6, 6.07) is 0.862. The Morgan fingerprint density at radius 1 is 0.889 bits per heavy atom. The van der Waals surface area contributed by atoms with Crippen LogP contribution < -0.4 is 5.73 Å². The van der Waals surface area contributed by atoms with E-state index >= 15 is 0 Å². The van der Waals surface area contributed by atoms with Crippen molar-refractivity contribution in [2.75, 3.05) is 19.6 Å². The van der Waals surface area contributed by atoms with Gasteiger partial charge in [-0.15, -0.1) is 0 Å². The second kappa shape index (κ2) is 10.8. The molecule has 0 saturated heterocycles. The minimum absolute atomic E-state index is 0.845. The van der Waals surface area contributed by atoms with Gasteiger partial charge in [-0.3, -0.25) is 0 Å². The summed E-state index contributed by atoms with van der Waals surface area (Å²) in [5.74, 6) is 0. The second-order valence-corrected chi connectivity index (χ2v) is 5.88. The molecule has 0 bridgehead atoms. The molecule has 0 unspecified atom stereocenters. The van der Waals surface area contributed by atoms with Crippen LogP contribution >= 0.6 is 0 Å². The number of hydrogen-bond donors (Lipinski definition) is 1. The van der Waals surface area contributed by atoms with E-state index in [1.807, 2.05) is 0 Å². The normalized spacial score (nSPS) is 18.2. The first kappa shape index (κ1) is 16.0. The van der Waals surface area contributed by atoms with Crippen molar-refractivity contribution in [3.8, 4) is 0 Å². The number of nitrogens with two attached hydrogens (primary N) is 1. The highest BCUT2D eigenvalue weighted by atomic mass is 15.1. The zero-order valence-corrected chi connectivity index (χ0v) is 12.5. The Kier molecular flexibility index (Phi) is 9.59. The standard InChI is InChI=1S/C16H34N2/c1-2-3-4-9-14-18(15-10-13-17)16-11-7-5-6-8-12-16/h16H,2-15,17H2,1H3. The lowest BCUT2D eigenvalue weighted by Gasteiger charge is -2.31. The van der Waals surface area contributed by atoms with Gasteiger partial charge in [0.1, 0.15) is 0 Å². The summed E-state index contributed by atoms with van der Waals surface area (Å²) in [5.41, 5.74) is 5.69. The lowest BCUT2D eigenvalue weighted by molar-refractivity contribution is 0.174. The average molecular weight is 254 g/mol. The third kappa shape index (κ3) is 6.75. The molecule has 1 saturated carbocycles. The Labute approximate surface area is 114 Å². The smallest absolute Gasteiger partial charge is 0.00952 e. The Hall–Kier alpha value is -0.0800. The van der Waals surface area contributed by atoms with Crippen molar-refractivity contribution in [3.63, 3.8) is 0 Å². The molecule has 1 rings (SSSR count). The van der Waals surface area contributed by atoms with Crippen molar-refractivity contribution in [3.05, 3.63) is 0 Å². The molecular formula is C16H34N2. The fourth-order valence-corrected chi connectivity index (χ4v) is 3.14. The van der Waals surface area contributed by atoms with Crippen molar-refractivity contribution in [1.82, 2.24) is 4.90 Å². The molecule has 0 aromatic carbocycles. The van der Waals surface area contributed by atoms with Crippen molar-refractivity contribution < 1.29 is 0 Å². The Balaban J connectivity index is 2.31. The predicted molar refractivity (Wildman–Crippen MR) is 80.9 cm³/mol. The van der Waals surface area contributed by atoms with Crippen LogP contribution in [0.3, 0.4) is 0 Å². The fourth-order valence-electron chi connectivity index (χ4n) is 3.14. The van der Waals surface area contributed by atoms with E-state index in [1.165, 1.54) is 83.7 Å². The summed E-state index contributed by atoms with van der Waals surface area (Å²) in [7, 11) is 0. The average Bonchev–Trinajstić information content (AvgIpc) is 2.67. The largest absolute Gasteiger partial charge is 0.330 e. The quantitative estimate of drug-likeness (QED) is 0.499. The van der Waals surface area contributed by atoms with Gasteiger partial charge in [0.05, 0.1) is 0 Å². The van der Waals surface area contributed by atoms with Crippen molar-refractivity contribution >= 4 is 0 Å². The van der Waals surface area contributed by atoms with Gasteiger partial charge in [0.2, 0.25) is 0 Å². The van der Waals surface area contributed by atoms with Crippen LogP contribution in [0.5, 0.6) is 0 Å². The molecule has 0 heterocycles. The monoisotopic (exact) mass is 254 g/mol. The lowest BCUT2D eigenvalue weighted by Crippen LogP contribution is -2.37. The first-order valence-electron chi connectivity index (χ1n) is 8.32. The number of hydrogen-bond acceptors (Lipinski definition) is 2. The first-order chi connectivity index (χ1) is 8.88. The minimum Gasteiger partial charge on any atom is -0.330 e. The van der Waals surface area contributed by atoms with E-state index in [-0.39, 0.29) is 0 Å². The van der Waals surface area contributed by atoms with Crippen LogP contribution in [0, 0.1) is 0 Å². The topological polar surface area (TPSA) is 29.3 Å². The molecule has 2 N–H and O–H groups in total. The van der Waals surface area contributed by atoms with Crippen LogP contribution in [0.25, 0.3) is 0 Å². The molecule has 1 aliphatic rings. The summed E-state index contributed by atoms with van der Waals surface area (Å²) in [6.45, 7) is 5.67. The summed E-state index contributed by atoms with van der Waals surface area (Å²) in [6.07, 6.45) is 15.4. The maximum absolute atomic E-state index is 5.69. The predicted octanol–water partition coefficient (Wildman–Crippen LogP) is 3.94. The number of nitrogens with zero attached hydrogens (tertiary/aromatic N) is 1. The van der Waals surface area contributed by atoms with Crippen LogP contribution in [0.4, 0.5) is 0 Å². The molecule has 0 aromatic heterocycles. The highest BCUT2D eigenvalue weighted by Crippen LogP contribution is 2.22. The van der Waals surface area contributed by atoms with Crippen LogP contribution in [0.2, 0.25) is 0 Å². The molecule has 18 heavy (non-hydrogen) atoms. The first-order valence-corrected chi connectivity index (χ1v) is 8.32. The van der Waals surface area contributed by atoms with Gasteiger partial charge < -0.3 is 10.6 Å². The van der Waals surface area contributed by atoms with E-state index in [0.29, 0.717) is 0 Å². The minimum atomic E-state index is 0.845. The van der Waals surface area contributed by atoms with E-state index in [4.69, 9.17) is 5.73 Å². The van der Waals surface area contributed by atoms with Gasteiger partial charge in [-0.25, -0.2) is 0 Å². The molecule has 0 spiro atoms. The Morgan fingerprint density at radius 3 is 2.17 bits per heavy atom. The van der Waals surface area contributed by atoms with E-state index in [1.54, 1.807) is 0 Å². The summed E-state index contributed by atoms with van der Waals surface area (Å²) in [5, 5.41) is 0.